The highest BCUT2D eigenvalue weighted by Crippen LogP contribution is 2.10. The summed E-state index contributed by atoms with van der Waals surface area (Å²) in [5.41, 5.74) is 1.20. The first-order valence-electron chi connectivity index (χ1n) is 8.13. The number of methoxy groups -OCH3 is 1. The zero-order valence-electron chi connectivity index (χ0n) is 14.7. The molecule has 0 heterocycles. The predicted molar refractivity (Wildman–Crippen MR) is 95.5 cm³/mol. The Kier molecular flexibility index (Phi) is 10.0. The lowest BCUT2D eigenvalue weighted by atomic mass is 10.2. The van der Waals surface area contributed by atoms with E-state index in [0.29, 0.717) is 32.3 Å². The number of aliphatic imine (C=N–C) groups is 1. The summed E-state index contributed by atoms with van der Waals surface area (Å²) in [4.78, 5) is 15.8. The van der Waals surface area contributed by atoms with Crippen molar-refractivity contribution in [2.24, 2.45) is 4.99 Å². The lowest BCUT2D eigenvalue weighted by Crippen LogP contribution is -2.40. The number of benzene rings is 1. The van der Waals surface area contributed by atoms with Gasteiger partial charge in [0.15, 0.2) is 5.96 Å². The Morgan fingerprint density at radius 1 is 1.08 bits per heavy atom. The second kappa shape index (κ2) is 12.2. The van der Waals surface area contributed by atoms with E-state index < -0.39 is 0 Å². The van der Waals surface area contributed by atoms with Crippen LogP contribution in [0.15, 0.2) is 29.3 Å². The van der Waals surface area contributed by atoms with Crippen molar-refractivity contribution in [3.63, 3.8) is 0 Å². The van der Waals surface area contributed by atoms with Crippen LogP contribution in [0, 0.1) is 6.92 Å². The minimum Gasteiger partial charge on any atom is -0.492 e. The van der Waals surface area contributed by atoms with E-state index in [1.807, 2.05) is 38.1 Å². The largest absolute Gasteiger partial charge is 0.492 e. The van der Waals surface area contributed by atoms with Gasteiger partial charge in [0.2, 0.25) is 5.91 Å². The molecule has 1 amide bonds. The van der Waals surface area contributed by atoms with Crippen LogP contribution in [0.2, 0.25) is 0 Å². The number of carbonyl (C=O) groups excluding carboxylic acids is 1. The monoisotopic (exact) mass is 336 g/mol. The lowest BCUT2D eigenvalue weighted by Gasteiger charge is -2.12. The number of hydrogen-bond donors (Lipinski definition) is 3. The van der Waals surface area contributed by atoms with E-state index in [1.54, 1.807) is 7.11 Å². The third kappa shape index (κ3) is 8.99. The minimum atomic E-state index is -0.139. The molecule has 7 nitrogen and oxygen atoms in total. The van der Waals surface area contributed by atoms with Gasteiger partial charge in [0.05, 0.1) is 13.2 Å². The molecule has 0 aromatic heterocycles. The molecule has 0 saturated heterocycles. The number of ether oxygens (including phenoxy) is 2. The third-order valence-corrected chi connectivity index (χ3v) is 3.04. The fourth-order valence-electron chi connectivity index (χ4n) is 1.81. The molecule has 0 atom stereocenters. The molecule has 0 aliphatic carbocycles. The van der Waals surface area contributed by atoms with Gasteiger partial charge in [0.25, 0.3) is 0 Å². The molecular weight excluding hydrogens is 308 g/mol. The van der Waals surface area contributed by atoms with E-state index in [9.17, 15) is 4.79 Å². The molecule has 0 spiro atoms. The highest BCUT2D eigenvalue weighted by atomic mass is 16.5. The number of rotatable bonds is 10. The van der Waals surface area contributed by atoms with Crippen molar-refractivity contribution in [1.29, 1.82) is 0 Å². The average Bonchev–Trinajstić information content (AvgIpc) is 2.58. The van der Waals surface area contributed by atoms with Crippen LogP contribution in [-0.4, -0.2) is 58.4 Å². The Hall–Kier alpha value is -2.28. The van der Waals surface area contributed by atoms with E-state index in [-0.39, 0.29) is 12.5 Å². The standard InChI is InChI=1S/C17H28N4O3/c1-4-18-17(21-13-16(22)19-9-11-23-3)20-10-12-24-15-7-5-14(2)6-8-15/h5-8H,4,9-13H2,1-3H3,(H,19,22)(H2,18,20,21). The zero-order valence-corrected chi connectivity index (χ0v) is 14.7. The predicted octanol–water partition coefficient (Wildman–Crippen LogP) is 0.692. The van der Waals surface area contributed by atoms with Gasteiger partial charge >= 0.3 is 0 Å². The number of nitrogens with zero attached hydrogens (tertiary/aromatic N) is 1. The molecule has 0 saturated carbocycles. The minimum absolute atomic E-state index is 0.0673. The molecule has 1 aromatic rings. The summed E-state index contributed by atoms with van der Waals surface area (Å²) >= 11 is 0. The fourth-order valence-corrected chi connectivity index (χ4v) is 1.81. The molecule has 0 radical (unpaired) electrons. The number of hydrogen-bond acceptors (Lipinski definition) is 4. The van der Waals surface area contributed by atoms with Crippen molar-refractivity contribution < 1.29 is 14.3 Å². The molecular formula is C17H28N4O3. The van der Waals surface area contributed by atoms with Gasteiger partial charge < -0.3 is 25.4 Å². The molecule has 1 aromatic carbocycles. The Labute approximate surface area is 143 Å². The Morgan fingerprint density at radius 3 is 2.46 bits per heavy atom. The highest BCUT2D eigenvalue weighted by Gasteiger charge is 2.02. The van der Waals surface area contributed by atoms with Crippen LogP contribution in [-0.2, 0) is 9.53 Å². The van der Waals surface area contributed by atoms with E-state index >= 15 is 0 Å². The first-order valence-corrected chi connectivity index (χ1v) is 8.13. The third-order valence-electron chi connectivity index (χ3n) is 3.04. The molecule has 0 aliphatic rings. The molecule has 24 heavy (non-hydrogen) atoms. The molecule has 7 heteroatoms. The Balaban J connectivity index is 2.29. The summed E-state index contributed by atoms with van der Waals surface area (Å²) in [6.07, 6.45) is 0. The SMILES string of the molecule is CCNC(=NCC(=O)NCCOC)NCCOc1ccc(C)cc1. The normalized spacial score (nSPS) is 11.0. The average molecular weight is 336 g/mol. The van der Waals surface area contributed by atoms with Crippen LogP contribution in [0.5, 0.6) is 5.75 Å². The molecule has 3 N–H and O–H groups in total. The van der Waals surface area contributed by atoms with Crippen molar-refractivity contribution in [1.82, 2.24) is 16.0 Å². The maximum Gasteiger partial charge on any atom is 0.241 e. The van der Waals surface area contributed by atoms with Gasteiger partial charge in [-0.2, -0.15) is 0 Å². The topological polar surface area (TPSA) is 84.0 Å². The molecule has 134 valence electrons. The van der Waals surface area contributed by atoms with E-state index in [2.05, 4.69) is 20.9 Å². The molecule has 1 rings (SSSR count). The van der Waals surface area contributed by atoms with Crippen LogP contribution in [0.1, 0.15) is 12.5 Å². The summed E-state index contributed by atoms with van der Waals surface area (Å²) in [6.45, 7) is 6.87. The van der Waals surface area contributed by atoms with Crippen molar-refractivity contribution in [3.8, 4) is 5.75 Å². The summed E-state index contributed by atoms with van der Waals surface area (Å²) < 4.78 is 10.5. The van der Waals surface area contributed by atoms with Crippen LogP contribution in [0.25, 0.3) is 0 Å². The molecule has 0 bridgehead atoms. The van der Waals surface area contributed by atoms with Crippen molar-refractivity contribution >= 4 is 11.9 Å². The first-order chi connectivity index (χ1) is 11.7. The Bertz CT molecular complexity index is 503. The van der Waals surface area contributed by atoms with Crippen molar-refractivity contribution in [2.45, 2.75) is 13.8 Å². The summed E-state index contributed by atoms with van der Waals surface area (Å²) in [7, 11) is 1.59. The summed E-state index contributed by atoms with van der Waals surface area (Å²) in [5, 5.41) is 8.95. The number of carbonyl (C=O) groups is 1. The van der Waals surface area contributed by atoms with Gasteiger partial charge in [0, 0.05) is 20.2 Å². The molecule has 0 fully saturated rings. The smallest absolute Gasteiger partial charge is 0.241 e. The van der Waals surface area contributed by atoms with Crippen molar-refractivity contribution in [3.05, 3.63) is 29.8 Å². The van der Waals surface area contributed by atoms with Crippen LogP contribution in [0.4, 0.5) is 0 Å². The summed E-state index contributed by atoms with van der Waals surface area (Å²) in [5.74, 6) is 1.29. The maximum absolute atomic E-state index is 11.6. The lowest BCUT2D eigenvalue weighted by molar-refractivity contribution is -0.119. The second-order valence-corrected chi connectivity index (χ2v) is 5.13. The van der Waals surface area contributed by atoms with Crippen LogP contribution in [0.3, 0.4) is 0 Å². The van der Waals surface area contributed by atoms with E-state index in [4.69, 9.17) is 9.47 Å². The van der Waals surface area contributed by atoms with Crippen LogP contribution >= 0.6 is 0 Å². The van der Waals surface area contributed by atoms with Gasteiger partial charge in [-0.05, 0) is 26.0 Å². The number of aryl methyl sites for hydroxylation is 1. The zero-order chi connectivity index (χ0) is 17.6. The molecule has 0 unspecified atom stereocenters. The maximum atomic E-state index is 11.6. The first kappa shape index (κ1) is 19.8. The number of guanidine groups is 1. The highest BCUT2D eigenvalue weighted by molar-refractivity contribution is 5.84. The van der Waals surface area contributed by atoms with Crippen molar-refractivity contribution in [2.75, 3.05) is 46.5 Å². The number of amides is 1. The van der Waals surface area contributed by atoms with Gasteiger partial charge in [-0.1, -0.05) is 17.7 Å². The summed E-state index contributed by atoms with van der Waals surface area (Å²) in [6, 6.07) is 7.91. The van der Waals surface area contributed by atoms with Gasteiger partial charge in [0.1, 0.15) is 18.9 Å². The Morgan fingerprint density at radius 2 is 1.79 bits per heavy atom. The van der Waals surface area contributed by atoms with E-state index in [0.717, 1.165) is 12.3 Å². The van der Waals surface area contributed by atoms with Gasteiger partial charge in [-0.3, -0.25) is 4.79 Å². The number of nitrogens with one attached hydrogen (secondary N) is 3. The van der Waals surface area contributed by atoms with Gasteiger partial charge in [-0.15, -0.1) is 0 Å². The van der Waals surface area contributed by atoms with E-state index in [1.165, 1.54) is 5.56 Å². The fraction of sp³-hybridized carbons (Fsp3) is 0.529. The second-order valence-electron chi connectivity index (χ2n) is 5.13. The molecule has 0 aliphatic heterocycles. The van der Waals surface area contributed by atoms with Crippen LogP contribution < -0.4 is 20.7 Å². The van der Waals surface area contributed by atoms with Gasteiger partial charge in [-0.25, -0.2) is 4.99 Å². The quantitative estimate of drug-likeness (QED) is 0.333.